The molecule has 3 rings (SSSR count). The summed E-state index contributed by atoms with van der Waals surface area (Å²) in [6.45, 7) is 1.71. The van der Waals surface area contributed by atoms with Crippen molar-refractivity contribution in [3.63, 3.8) is 0 Å². The predicted octanol–water partition coefficient (Wildman–Crippen LogP) is 4.63. The van der Waals surface area contributed by atoms with E-state index in [9.17, 15) is 21.6 Å². The van der Waals surface area contributed by atoms with Crippen LogP contribution >= 0.6 is 11.6 Å². The zero-order chi connectivity index (χ0) is 19.2. The topological polar surface area (TPSA) is 46.2 Å². The number of halogens is 4. The molecule has 1 aliphatic rings. The molecule has 2 unspecified atom stereocenters. The van der Waals surface area contributed by atoms with E-state index in [1.165, 1.54) is 6.07 Å². The van der Waals surface area contributed by atoms with Crippen molar-refractivity contribution in [2.45, 2.75) is 35.2 Å². The molecule has 1 heterocycles. The highest BCUT2D eigenvalue weighted by Crippen LogP contribution is 2.40. The van der Waals surface area contributed by atoms with Crippen LogP contribution in [0.2, 0.25) is 5.02 Å². The first kappa shape index (κ1) is 19.2. The fourth-order valence-corrected chi connectivity index (χ4v) is 5.07. The highest BCUT2D eigenvalue weighted by molar-refractivity contribution is 7.92. The molecule has 0 spiro atoms. The van der Waals surface area contributed by atoms with Gasteiger partial charge in [-0.15, -0.1) is 0 Å². The highest BCUT2D eigenvalue weighted by Gasteiger charge is 2.47. The van der Waals surface area contributed by atoms with Crippen LogP contribution in [0, 0.1) is 0 Å². The van der Waals surface area contributed by atoms with E-state index in [2.05, 4.69) is 5.32 Å². The van der Waals surface area contributed by atoms with Crippen LogP contribution in [0.25, 0.3) is 0 Å². The van der Waals surface area contributed by atoms with Gasteiger partial charge in [0.2, 0.25) is 0 Å². The first-order valence-corrected chi connectivity index (χ1v) is 9.80. The van der Waals surface area contributed by atoms with Gasteiger partial charge in [-0.3, -0.25) is 0 Å². The molecule has 0 aromatic heterocycles. The van der Waals surface area contributed by atoms with Gasteiger partial charge in [-0.1, -0.05) is 29.8 Å². The van der Waals surface area contributed by atoms with Crippen molar-refractivity contribution in [3.8, 4) is 0 Å². The lowest BCUT2D eigenvalue weighted by Gasteiger charge is -2.24. The average Bonchev–Trinajstić information content (AvgIpc) is 2.99. The van der Waals surface area contributed by atoms with Crippen molar-refractivity contribution < 1.29 is 21.6 Å². The van der Waals surface area contributed by atoms with E-state index >= 15 is 0 Å². The summed E-state index contributed by atoms with van der Waals surface area (Å²) >= 11 is 5.87. The average molecular weight is 404 g/mol. The maximum absolute atomic E-state index is 13.0. The number of alkyl halides is 3. The summed E-state index contributed by atoms with van der Waals surface area (Å²) in [5.74, 6) is 0. The van der Waals surface area contributed by atoms with Crippen LogP contribution in [0.1, 0.15) is 30.5 Å². The predicted molar refractivity (Wildman–Crippen MR) is 93.8 cm³/mol. The Bertz CT molecular complexity index is 913. The van der Waals surface area contributed by atoms with Gasteiger partial charge in [0, 0.05) is 17.6 Å². The third kappa shape index (κ3) is 3.48. The molecule has 1 fully saturated rings. The van der Waals surface area contributed by atoms with E-state index in [0.29, 0.717) is 11.1 Å². The molecule has 2 atom stereocenters. The van der Waals surface area contributed by atoms with Gasteiger partial charge in [0.25, 0.3) is 0 Å². The summed E-state index contributed by atoms with van der Waals surface area (Å²) < 4.78 is 63.6. The lowest BCUT2D eigenvalue weighted by Crippen LogP contribution is -2.37. The lowest BCUT2D eigenvalue weighted by atomic mass is 10.0. The number of hydrogen-bond donors (Lipinski definition) is 1. The molecule has 26 heavy (non-hydrogen) atoms. The lowest BCUT2D eigenvalue weighted by molar-refractivity contribution is -0.137. The van der Waals surface area contributed by atoms with Gasteiger partial charge in [0.05, 0.1) is 15.2 Å². The second-order valence-electron chi connectivity index (χ2n) is 6.67. The summed E-state index contributed by atoms with van der Waals surface area (Å²) in [5.41, 5.74) is -0.0836. The van der Waals surface area contributed by atoms with Gasteiger partial charge in [0.1, 0.15) is 0 Å². The van der Waals surface area contributed by atoms with Crippen molar-refractivity contribution in [1.82, 2.24) is 5.32 Å². The largest absolute Gasteiger partial charge is 0.416 e. The van der Waals surface area contributed by atoms with Crippen molar-refractivity contribution in [1.29, 1.82) is 0 Å². The Kier molecular flexibility index (Phi) is 4.83. The second kappa shape index (κ2) is 6.55. The molecule has 8 heteroatoms. The Morgan fingerprint density at radius 1 is 1.15 bits per heavy atom. The van der Waals surface area contributed by atoms with Crippen LogP contribution in [0.15, 0.2) is 53.4 Å². The van der Waals surface area contributed by atoms with Crippen molar-refractivity contribution in [2.75, 3.05) is 6.54 Å². The van der Waals surface area contributed by atoms with Crippen LogP contribution in [-0.2, 0) is 16.0 Å². The van der Waals surface area contributed by atoms with Gasteiger partial charge in [0.15, 0.2) is 9.84 Å². The van der Waals surface area contributed by atoms with Gasteiger partial charge in [-0.2, -0.15) is 13.2 Å². The maximum Gasteiger partial charge on any atom is 0.416 e. The maximum atomic E-state index is 13.0. The first-order chi connectivity index (χ1) is 12.0. The van der Waals surface area contributed by atoms with Crippen molar-refractivity contribution in [3.05, 3.63) is 64.7 Å². The number of nitrogens with one attached hydrogen (secondary N) is 1. The van der Waals surface area contributed by atoms with E-state index in [-0.39, 0.29) is 23.9 Å². The van der Waals surface area contributed by atoms with Crippen LogP contribution in [0.5, 0.6) is 0 Å². The third-order valence-corrected chi connectivity index (χ3v) is 7.49. The van der Waals surface area contributed by atoms with Crippen molar-refractivity contribution >= 4 is 21.4 Å². The molecule has 1 aliphatic heterocycles. The Balaban J connectivity index is 1.91. The van der Waals surface area contributed by atoms with Gasteiger partial charge >= 0.3 is 6.18 Å². The molecule has 0 saturated carbocycles. The van der Waals surface area contributed by atoms with Gasteiger partial charge in [-0.25, -0.2) is 8.42 Å². The monoisotopic (exact) mass is 403 g/mol. The number of hydrogen-bond acceptors (Lipinski definition) is 3. The summed E-state index contributed by atoms with van der Waals surface area (Å²) in [7, 11) is -3.96. The van der Waals surface area contributed by atoms with Crippen LogP contribution < -0.4 is 5.32 Å². The smallest absolute Gasteiger partial charge is 0.308 e. The standard InChI is InChI=1S/C18H17ClF3NO2S/c1-17(10-16(23-11-17)12-5-7-14(19)8-6-12)26(24,25)15-4-2-3-13(9-15)18(20,21)22/h2-9,16,23H,10-11H2,1H3. The molecule has 1 saturated heterocycles. The Morgan fingerprint density at radius 3 is 2.42 bits per heavy atom. The van der Waals surface area contributed by atoms with E-state index in [1.807, 2.05) is 12.1 Å². The van der Waals surface area contributed by atoms with Crippen LogP contribution in [-0.4, -0.2) is 19.7 Å². The molecule has 0 radical (unpaired) electrons. The number of benzene rings is 2. The zero-order valence-corrected chi connectivity index (χ0v) is 15.4. The van der Waals surface area contributed by atoms with Crippen LogP contribution in [0.3, 0.4) is 0 Å². The Hall–Kier alpha value is -1.57. The fourth-order valence-electron chi connectivity index (χ4n) is 3.17. The molecular formula is C18H17ClF3NO2S. The quantitative estimate of drug-likeness (QED) is 0.813. The minimum atomic E-state index is -4.59. The molecule has 2 aromatic rings. The zero-order valence-electron chi connectivity index (χ0n) is 13.8. The molecule has 3 nitrogen and oxygen atoms in total. The Labute approximate surface area is 155 Å². The van der Waals surface area contributed by atoms with E-state index in [4.69, 9.17) is 11.6 Å². The number of rotatable bonds is 3. The second-order valence-corrected chi connectivity index (χ2v) is 9.57. The normalized spacial score (nSPS) is 24.0. The fraction of sp³-hybridized carbons (Fsp3) is 0.333. The molecule has 0 bridgehead atoms. The molecular weight excluding hydrogens is 387 g/mol. The number of sulfone groups is 1. The summed E-state index contributed by atoms with van der Waals surface area (Å²) in [4.78, 5) is -0.312. The molecule has 0 aliphatic carbocycles. The van der Waals surface area contributed by atoms with E-state index < -0.39 is 26.3 Å². The van der Waals surface area contributed by atoms with E-state index in [1.54, 1.807) is 19.1 Å². The third-order valence-electron chi connectivity index (χ3n) is 4.75. The van der Waals surface area contributed by atoms with Crippen molar-refractivity contribution in [2.24, 2.45) is 0 Å². The summed E-state index contributed by atoms with van der Waals surface area (Å²) in [6, 6.07) is 10.7. The highest BCUT2D eigenvalue weighted by atomic mass is 35.5. The molecule has 0 amide bonds. The van der Waals surface area contributed by atoms with Gasteiger partial charge < -0.3 is 5.32 Å². The summed E-state index contributed by atoms with van der Waals surface area (Å²) in [6.07, 6.45) is -4.33. The minimum Gasteiger partial charge on any atom is -0.308 e. The minimum absolute atomic E-state index is 0.152. The summed E-state index contributed by atoms with van der Waals surface area (Å²) in [5, 5.41) is 3.73. The molecule has 1 N–H and O–H groups in total. The molecule has 140 valence electrons. The van der Waals surface area contributed by atoms with Crippen LogP contribution in [0.4, 0.5) is 13.2 Å². The SMILES string of the molecule is CC1(S(=O)(=O)c2cccc(C(F)(F)F)c2)CNC(c2ccc(Cl)cc2)C1. The van der Waals surface area contributed by atoms with Gasteiger partial charge in [-0.05, 0) is 49.2 Å². The molecule has 2 aromatic carbocycles. The van der Waals surface area contributed by atoms with E-state index in [0.717, 1.165) is 17.7 Å². The Morgan fingerprint density at radius 2 is 1.81 bits per heavy atom. The first-order valence-electron chi connectivity index (χ1n) is 7.94.